The highest BCUT2D eigenvalue weighted by Crippen LogP contribution is 2.32. The van der Waals surface area contributed by atoms with E-state index in [2.05, 4.69) is 24.0 Å². The van der Waals surface area contributed by atoms with E-state index in [1.165, 1.54) is 44.2 Å². The van der Waals surface area contributed by atoms with E-state index in [1.807, 2.05) is 34.7 Å². The van der Waals surface area contributed by atoms with Crippen LogP contribution in [0.5, 0.6) is 0 Å². The van der Waals surface area contributed by atoms with Crippen LogP contribution in [-0.4, -0.2) is 56.7 Å². The van der Waals surface area contributed by atoms with Gasteiger partial charge in [0.15, 0.2) is 5.65 Å². The summed E-state index contributed by atoms with van der Waals surface area (Å²) in [5.74, 6) is 2.15. The second-order valence-corrected chi connectivity index (χ2v) is 11.9. The maximum Gasteiger partial charge on any atom is 0.230 e. The van der Waals surface area contributed by atoms with Crippen LogP contribution >= 0.6 is 0 Å². The van der Waals surface area contributed by atoms with E-state index in [9.17, 15) is 9.18 Å². The Hall–Kier alpha value is -3.81. The molecule has 2 aliphatic rings. The number of carbonyl (C=O) groups excluding carboxylic acids is 1. The van der Waals surface area contributed by atoms with Gasteiger partial charge in [-0.15, -0.1) is 0 Å². The molecule has 1 saturated heterocycles. The second kappa shape index (κ2) is 12.6. The van der Waals surface area contributed by atoms with Crippen LogP contribution in [0.4, 0.5) is 10.2 Å². The minimum atomic E-state index is -0.276. The Kier molecular flexibility index (Phi) is 8.49. The van der Waals surface area contributed by atoms with Gasteiger partial charge >= 0.3 is 0 Å². The van der Waals surface area contributed by atoms with E-state index in [4.69, 9.17) is 15.1 Å². The fraction of sp³-hybridized carbons (Fsp3) is 0.471. The highest BCUT2D eigenvalue weighted by molar-refractivity contribution is 5.91. The Morgan fingerprint density at radius 3 is 2.43 bits per heavy atom. The number of nitrogens with zero attached hydrogens (tertiary/aromatic N) is 6. The second-order valence-electron chi connectivity index (χ2n) is 11.9. The number of carbonyl (C=O) groups is 1. The molecule has 220 valence electrons. The minimum absolute atomic E-state index is 0.123. The number of aromatic nitrogens is 4. The van der Waals surface area contributed by atoms with E-state index in [0.717, 1.165) is 72.0 Å². The van der Waals surface area contributed by atoms with Crippen LogP contribution in [0.2, 0.25) is 0 Å². The average Bonchev–Trinajstić information content (AvgIpc) is 3.17. The molecule has 0 bridgehead atoms. The van der Waals surface area contributed by atoms with E-state index < -0.39 is 0 Å². The van der Waals surface area contributed by atoms with Crippen molar-refractivity contribution in [1.29, 1.82) is 0 Å². The smallest absolute Gasteiger partial charge is 0.230 e. The molecule has 0 N–H and O–H groups in total. The molecule has 0 radical (unpaired) electrons. The third-order valence-electron chi connectivity index (χ3n) is 9.01. The van der Waals surface area contributed by atoms with Gasteiger partial charge < -0.3 is 9.80 Å². The molecule has 1 saturated carbocycles. The zero-order chi connectivity index (χ0) is 29.1. The predicted molar refractivity (Wildman–Crippen MR) is 165 cm³/mol. The van der Waals surface area contributed by atoms with E-state index >= 15 is 0 Å². The van der Waals surface area contributed by atoms with Gasteiger partial charge in [-0.25, -0.2) is 19.0 Å². The summed E-state index contributed by atoms with van der Waals surface area (Å²) in [4.78, 5) is 28.4. The first-order chi connectivity index (χ1) is 20.5. The van der Waals surface area contributed by atoms with Crippen LogP contribution in [0.25, 0.3) is 16.7 Å². The molecule has 2 aromatic carbocycles. The number of amides is 1. The Bertz CT molecular complexity index is 1510. The predicted octanol–water partition coefficient (Wildman–Crippen LogP) is 6.62. The van der Waals surface area contributed by atoms with Crippen molar-refractivity contribution in [2.75, 3.05) is 31.1 Å². The fourth-order valence-electron chi connectivity index (χ4n) is 6.75. The molecular weight excluding hydrogens is 527 g/mol. The summed E-state index contributed by atoms with van der Waals surface area (Å²) in [5, 5.41) is 5.80. The maximum absolute atomic E-state index is 13.8. The third kappa shape index (κ3) is 5.90. The number of halogens is 1. The van der Waals surface area contributed by atoms with E-state index in [0.29, 0.717) is 19.0 Å². The van der Waals surface area contributed by atoms with Crippen LogP contribution in [-0.2, 0) is 11.2 Å². The van der Waals surface area contributed by atoms with Gasteiger partial charge in [0, 0.05) is 32.6 Å². The number of anilines is 1. The van der Waals surface area contributed by atoms with Gasteiger partial charge in [0.05, 0.1) is 22.7 Å². The number of aryl methyl sites for hydroxylation is 1. The normalized spacial score (nSPS) is 17.4. The monoisotopic (exact) mass is 568 g/mol. The highest BCUT2D eigenvalue weighted by atomic mass is 19.1. The number of benzene rings is 2. The SMILES string of the molecule is CCC(C(=O)N1CCCN(c2nc(CC3CCCCC3)nc3c2c(C)nn3-c2ccc(F)cc2)CC1)c1ccccc1. The van der Waals surface area contributed by atoms with Crippen LogP contribution in [0, 0.1) is 18.7 Å². The van der Waals surface area contributed by atoms with Gasteiger partial charge in [0.2, 0.25) is 5.91 Å². The summed E-state index contributed by atoms with van der Waals surface area (Å²) >= 11 is 0. The molecule has 2 fully saturated rings. The molecular formula is C34H41FN6O. The summed E-state index contributed by atoms with van der Waals surface area (Å²) in [5.41, 5.74) is 3.48. The first kappa shape index (κ1) is 28.3. The van der Waals surface area contributed by atoms with Crippen molar-refractivity contribution in [3.05, 3.63) is 77.5 Å². The number of rotatable bonds is 7. The largest absolute Gasteiger partial charge is 0.354 e. The molecule has 0 spiro atoms. The Morgan fingerprint density at radius 2 is 1.69 bits per heavy atom. The Morgan fingerprint density at radius 1 is 0.929 bits per heavy atom. The summed E-state index contributed by atoms with van der Waals surface area (Å²) in [7, 11) is 0. The van der Waals surface area contributed by atoms with Crippen molar-refractivity contribution in [2.24, 2.45) is 5.92 Å². The van der Waals surface area contributed by atoms with Gasteiger partial charge in [-0.3, -0.25) is 4.79 Å². The van der Waals surface area contributed by atoms with Crippen molar-refractivity contribution in [3.8, 4) is 5.69 Å². The molecule has 4 aromatic rings. The minimum Gasteiger partial charge on any atom is -0.354 e. The molecule has 1 amide bonds. The van der Waals surface area contributed by atoms with Crippen LogP contribution in [0.1, 0.15) is 74.9 Å². The average molecular weight is 569 g/mol. The quantitative estimate of drug-likeness (QED) is 0.251. The van der Waals surface area contributed by atoms with Gasteiger partial charge in [-0.1, -0.05) is 69.4 Å². The van der Waals surface area contributed by atoms with Crippen molar-refractivity contribution < 1.29 is 9.18 Å². The molecule has 1 unspecified atom stereocenters. The number of hydrogen-bond acceptors (Lipinski definition) is 5. The van der Waals surface area contributed by atoms with E-state index in [-0.39, 0.29) is 17.6 Å². The molecule has 8 heteroatoms. The molecule has 6 rings (SSSR count). The molecule has 42 heavy (non-hydrogen) atoms. The standard InChI is InChI=1S/C34H41FN6O/c1-3-29(26-13-8-5-9-14-26)34(42)40-20-10-19-39(21-22-40)32-31-24(2)38-41(28-17-15-27(35)16-18-28)33(31)37-30(36-32)23-25-11-6-4-7-12-25/h5,8-9,13-18,25,29H,3-4,6-7,10-12,19-23H2,1-2H3. The van der Waals surface area contributed by atoms with Gasteiger partial charge in [0.25, 0.3) is 0 Å². The van der Waals surface area contributed by atoms with Crippen LogP contribution in [0.15, 0.2) is 54.6 Å². The third-order valence-corrected chi connectivity index (χ3v) is 9.01. The summed E-state index contributed by atoms with van der Waals surface area (Å²) in [6, 6.07) is 16.5. The number of hydrogen-bond donors (Lipinski definition) is 0. The first-order valence-corrected chi connectivity index (χ1v) is 15.6. The molecule has 1 aliphatic heterocycles. The molecule has 1 aliphatic carbocycles. The van der Waals surface area contributed by atoms with E-state index in [1.54, 1.807) is 12.1 Å². The van der Waals surface area contributed by atoms with Crippen LogP contribution in [0.3, 0.4) is 0 Å². The van der Waals surface area contributed by atoms with Crippen molar-refractivity contribution in [3.63, 3.8) is 0 Å². The summed E-state index contributed by atoms with van der Waals surface area (Å²) < 4.78 is 15.6. The van der Waals surface area contributed by atoms with Crippen molar-refractivity contribution in [1.82, 2.24) is 24.6 Å². The lowest BCUT2D eigenvalue weighted by molar-refractivity contribution is -0.132. The lowest BCUT2D eigenvalue weighted by Crippen LogP contribution is -2.38. The van der Waals surface area contributed by atoms with Gasteiger partial charge in [-0.2, -0.15) is 5.10 Å². The molecule has 3 heterocycles. The zero-order valence-electron chi connectivity index (χ0n) is 24.8. The summed E-state index contributed by atoms with van der Waals surface area (Å²) in [6.45, 7) is 6.98. The molecule has 2 aromatic heterocycles. The highest BCUT2D eigenvalue weighted by Gasteiger charge is 2.29. The van der Waals surface area contributed by atoms with Crippen molar-refractivity contribution >= 4 is 22.8 Å². The lowest BCUT2D eigenvalue weighted by Gasteiger charge is -2.27. The Labute approximate surface area is 247 Å². The fourth-order valence-corrected chi connectivity index (χ4v) is 6.75. The lowest BCUT2D eigenvalue weighted by atomic mass is 9.87. The molecule has 7 nitrogen and oxygen atoms in total. The topological polar surface area (TPSA) is 67.2 Å². The first-order valence-electron chi connectivity index (χ1n) is 15.6. The van der Waals surface area contributed by atoms with Gasteiger partial charge in [0.1, 0.15) is 17.5 Å². The summed E-state index contributed by atoms with van der Waals surface area (Å²) in [6.07, 6.45) is 8.78. The van der Waals surface area contributed by atoms with Crippen molar-refractivity contribution in [2.45, 2.75) is 71.1 Å². The Balaban J connectivity index is 1.33. The molecule has 1 atom stereocenters. The van der Waals surface area contributed by atoms with Crippen LogP contribution < -0.4 is 4.90 Å². The van der Waals surface area contributed by atoms with Gasteiger partial charge in [-0.05, 0) is 55.5 Å². The number of fused-ring (bicyclic) bond motifs is 1. The maximum atomic E-state index is 13.8. The zero-order valence-corrected chi connectivity index (χ0v) is 24.8.